The molecule has 0 unspecified atom stereocenters. The number of rotatable bonds is 7. The maximum Gasteiger partial charge on any atom is 0.225 e. The van der Waals surface area contributed by atoms with Crippen LogP contribution in [0.5, 0.6) is 0 Å². The number of piperazine rings is 1. The standard InChI is InChI=1S/C17H30N6.HI/c1-3-5-6-7-9-19-16(18-4-2)22-12-14-23(15-13-22)17-20-10-8-11-21-17;/h8,10-11H,3-7,9,12-15H2,1-2H3,(H,18,19);1H. The average molecular weight is 446 g/mol. The molecule has 0 amide bonds. The molecule has 1 N–H and O–H groups in total. The molecule has 0 spiro atoms. The van der Waals surface area contributed by atoms with Crippen LogP contribution in [-0.4, -0.2) is 60.1 Å². The van der Waals surface area contributed by atoms with Gasteiger partial charge in [0, 0.05) is 51.7 Å². The lowest BCUT2D eigenvalue weighted by Crippen LogP contribution is -2.53. The molecule has 0 bridgehead atoms. The Kier molecular flexibility index (Phi) is 10.7. The number of hydrogen-bond donors (Lipinski definition) is 1. The van der Waals surface area contributed by atoms with Gasteiger partial charge in [0.15, 0.2) is 5.96 Å². The number of aromatic nitrogens is 2. The Morgan fingerprint density at radius 3 is 2.42 bits per heavy atom. The molecule has 2 rings (SSSR count). The molecule has 0 saturated carbocycles. The Labute approximate surface area is 163 Å². The zero-order valence-corrected chi connectivity index (χ0v) is 17.3. The van der Waals surface area contributed by atoms with Crippen molar-refractivity contribution >= 4 is 35.9 Å². The molecule has 0 aromatic carbocycles. The summed E-state index contributed by atoms with van der Waals surface area (Å²) in [6, 6.07) is 1.86. The van der Waals surface area contributed by atoms with Crippen molar-refractivity contribution in [1.29, 1.82) is 0 Å². The lowest BCUT2D eigenvalue weighted by molar-refractivity contribution is 0.370. The second kappa shape index (κ2) is 12.3. The van der Waals surface area contributed by atoms with Crippen molar-refractivity contribution in [2.75, 3.05) is 44.2 Å². The number of hydrogen-bond acceptors (Lipinski definition) is 4. The predicted molar refractivity (Wildman–Crippen MR) is 111 cm³/mol. The highest BCUT2D eigenvalue weighted by Crippen LogP contribution is 2.10. The van der Waals surface area contributed by atoms with Crippen molar-refractivity contribution in [3.05, 3.63) is 18.5 Å². The highest BCUT2D eigenvalue weighted by Gasteiger charge is 2.20. The summed E-state index contributed by atoms with van der Waals surface area (Å²) in [6.45, 7) is 9.98. The monoisotopic (exact) mass is 446 g/mol. The first-order valence-corrected chi connectivity index (χ1v) is 8.90. The number of guanidine groups is 1. The largest absolute Gasteiger partial charge is 0.357 e. The van der Waals surface area contributed by atoms with Crippen LogP contribution >= 0.6 is 24.0 Å². The number of aliphatic imine (C=N–C) groups is 1. The van der Waals surface area contributed by atoms with Gasteiger partial charge in [0.05, 0.1) is 0 Å². The molecule has 0 atom stereocenters. The maximum atomic E-state index is 4.79. The zero-order chi connectivity index (χ0) is 16.3. The molecular weight excluding hydrogens is 415 g/mol. The van der Waals surface area contributed by atoms with Crippen LogP contribution in [-0.2, 0) is 0 Å². The summed E-state index contributed by atoms with van der Waals surface area (Å²) in [4.78, 5) is 18.1. The van der Waals surface area contributed by atoms with Crippen LogP contribution in [0.25, 0.3) is 0 Å². The van der Waals surface area contributed by atoms with Crippen LogP contribution in [0.3, 0.4) is 0 Å². The van der Waals surface area contributed by atoms with Crippen LogP contribution in [0.15, 0.2) is 23.5 Å². The first-order chi connectivity index (χ1) is 11.3. The summed E-state index contributed by atoms with van der Waals surface area (Å²) in [6.07, 6.45) is 8.64. The molecule has 1 aliphatic heterocycles. The van der Waals surface area contributed by atoms with Gasteiger partial charge >= 0.3 is 0 Å². The zero-order valence-electron chi connectivity index (χ0n) is 14.9. The fourth-order valence-corrected chi connectivity index (χ4v) is 2.72. The summed E-state index contributed by atoms with van der Waals surface area (Å²) in [5, 5.41) is 3.42. The van der Waals surface area contributed by atoms with Crippen LogP contribution in [0.1, 0.15) is 39.5 Å². The van der Waals surface area contributed by atoms with E-state index in [1.54, 1.807) is 12.4 Å². The lowest BCUT2D eigenvalue weighted by atomic mass is 10.2. The Morgan fingerprint density at radius 2 is 1.79 bits per heavy atom. The van der Waals surface area contributed by atoms with Crippen molar-refractivity contribution in [1.82, 2.24) is 20.2 Å². The highest BCUT2D eigenvalue weighted by atomic mass is 127. The van der Waals surface area contributed by atoms with E-state index in [0.717, 1.165) is 51.2 Å². The quantitative estimate of drug-likeness (QED) is 0.302. The number of anilines is 1. The van der Waals surface area contributed by atoms with Crippen molar-refractivity contribution in [3.8, 4) is 0 Å². The number of unbranched alkanes of at least 4 members (excludes halogenated alkanes) is 3. The number of halogens is 1. The van der Waals surface area contributed by atoms with E-state index in [2.05, 4.69) is 38.9 Å². The van der Waals surface area contributed by atoms with Gasteiger partial charge in [0.1, 0.15) is 0 Å². The van der Waals surface area contributed by atoms with E-state index in [9.17, 15) is 0 Å². The first-order valence-electron chi connectivity index (χ1n) is 8.90. The van der Waals surface area contributed by atoms with E-state index in [1.807, 2.05) is 6.07 Å². The fraction of sp³-hybridized carbons (Fsp3) is 0.706. The van der Waals surface area contributed by atoms with Gasteiger partial charge in [0.25, 0.3) is 0 Å². The summed E-state index contributed by atoms with van der Waals surface area (Å²) in [5.41, 5.74) is 0. The van der Waals surface area contributed by atoms with Crippen molar-refractivity contribution in [3.63, 3.8) is 0 Å². The van der Waals surface area contributed by atoms with Gasteiger partial charge in [-0.25, -0.2) is 9.97 Å². The first kappa shape index (κ1) is 20.9. The van der Waals surface area contributed by atoms with Gasteiger partial charge in [-0.15, -0.1) is 24.0 Å². The minimum Gasteiger partial charge on any atom is -0.357 e. The van der Waals surface area contributed by atoms with E-state index in [1.165, 1.54) is 25.7 Å². The fourth-order valence-electron chi connectivity index (χ4n) is 2.72. The molecule has 1 aliphatic rings. The molecule has 24 heavy (non-hydrogen) atoms. The van der Waals surface area contributed by atoms with Gasteiger partial charge in [-0.2, -0.15) is 0 Å². The van der Waals surface area contributed by atoms with Gasteiger partial charge in [0.2, 0.25) is 5.95 Å². The van der Waals surface area contributed by atoms with Gasteiger partial charge < -0.3 is 15.1 Å². The second-order valence-electron chi connectivity index (χ2n) is 5.82. The molecule has 1 fully saturated rings. The van der Waals surface area contributed by atoms with E-state index in [0.29, 0.717) is 0 Å². The molecule has 0 radical (unpaired) electrons. The third-order valence-electron chi connectivity index (χ3n) is 4.02. The predicted octanol–water partition coefficient (Wildman–Crippen LogP) is 2.76. The molecule has 2 heterocycles. The third-order valence-corrected chi connectivity index (χ3v) is 4.02. The molecule has 1 saturated heterocycles. The average Bonchev–Trinajstić information content (AvgIpc) is 2.61. The molecule has 1 aromatic heterocycles. The number of nitrogens with zero attached hydrogens (tertiary/aromatic N) is 5. The summed E-state index contributed by atoms with van der Waals surface area (Å²) in [5.74, 6) is 1.88. The molecule has 136 valence electrons. The van der Waals surface area contributed by atoms with Crippen molar-refractivity contribution in [2.24, 2.45) is 4.99 Å². The van der Waals surface area contributed by atoms with E-state index >= 15 is 0 Å². The Hall–Kier alpha value is -1.12. The Morgan fingerprint density at radius 1 is 1.08 bits per heavy atom. The third kappa shape index (κ3) is 6.78. The van der Waals surface area contributed by atoms with Gasteiger partial charge in [-0.1, -0.05) is 26.2 Å². The summed E-state index contributed by atoms with van der Waals surface area (Å²) < 4.78 is 0. The summed E-state index contributed by atoms with van der Waals surface area (Å²) in [7, 11) is 0. The second-order valence-corrected chi connectivity index (χ2v) is 5.82. The van der Waals surface area contributed by atoms with Crippen LogP contribution in [0, 0.1) is 0 Å². The lowest BCUT2D eigenvalue weighted by Gasteiger charge is -2.36. The summed E-state index contributed by atoms with van der Waals surface area (Å²) >= 11 is 0. The minimum atomic E-state index is 0. The maximum absolute atomic E-state index is 4.79. The van der Waals surface area contributed by atoms with E-state index < -0.39 is 0 Å². The Balaban J connectivity index is 0.00000288. The minimum absolute atomic E-state index is 0. The van der Waals surface area contributed by atoms with Gasteiger partial charge in [-0.3, -0.25) is 4.99 Å². The van der Waals surface area contributed by atoms with Crippen LogP contribution < -0.4 is 10.2 Å². The van der Waals surface area contributed by atoms with Crippen molar-refractivity contribution < 1.29 is 0 Å². The highest BCUT2D eigenvalue weighted by molar-refractivity contribution is 14.0. The SMILES string of the molecule is CCCCCCN=C(NCC)N1CCN(c2ncccn2)CC1.I. The molecule has 6 nitrogen and oxygen atoms in total. The van der Waals surface area contributed by atoms with Crippen molar-refractivity contribution in [2.45, 2.75) is 39.5 Å². The van der Waals surface area contributed by atoms with Crippen LogP contribution in [0.4, 0.5) is 5.95 Å². The van der Waals surface area contributed by atoms with E-state index in [4.69, 9.17) is 4.99 Å². The Bertz CT molecular complexity index is 459. The normalized spacial score (nSPS) is 15.2. The molecular formula is C17H31IN6. The van der Waals surface area contributed by atoms with Gasteiger partial charge in [-0.05, 0) is 19.4 Å². The molecule has 1 aromatic rings. The smallest absolute Gasteiger partial charge is 0.225 e. The molecule has 7 heteroatoms. The van der Waals surface area contributed by atoms with Crippen LogP contribution in [0.2, 0.25) is 0 Å². The van der Waals surface area contributed by atoms with E-state index in [-0.39, 0.29) is 24.0 Å². The number of nitrogens with one attached hydrogen (secondary N) is 1. The molecule has 0 aliphatic carbocycles. The topological polar surface area (TPSA) is 56.7 Å².